The molecule has 92 valence electrons. The zero-order valence-corrected chi connectivity index (χ0v) is 10.4. The third-order valence-corrected chi connectivity index (χ3v) is 2.47. The molecule has 1 aromatic heterocycles. The average molecular weight is 226 g/mol. The minimum atomic E-state index is -0.769. The predicted octanol–water partition coefficient (Wildman–Crippen LogP) is 0.591. The highest BCUT2D eigenvalue weighted by molar-refractivity contribution is 4.93. The molecule has 1 rings (SSSR count). The Morgan fingerprint density at radius 2 is 2.25 bits per heavy atom. The molecule has 0 amide bonds. The summed E-state index contributed by atoms with van der Waals surface area (Å²) in [4.78, 5) is 4.16. The summed E-state index contributed by atoms with van der Waals surface area (Å²) in [6.07, 6.45) is 3.13. The van der Waals surface area contributed by atoms with E-state index in [0.29, 0.717) is 13.0 Å². The number of nitrogens with zero attached hydrogens (tertiary/aromatic N) is 3. The first kappa shape index (κ1) is 13.1. The van der Waals surface area contributed by atoms with Gasteiger partial charge in [0, 0.05) is 19.5 Å². The molecule has 5 nitrogen and oxygen atoms in total. The Hall–Kier alpha value is -0.940. The summed E-state index contributed by atoms with van der Waals surface area (Å²) < 4.78 is 1.81. The molecule has 0 aliphatic heterocycles. The predicted molar refractivity (Wildman–Crippen MR) is 63.2 cm³/mol. The second kappa shape index (κ2) is 5.96. The molecule has 0 radical (unpaired) electrons. The van der Waals surface area contributed by atoms with Gasteiger partial charge >= 0.3 is 0 Å². The number of aliphatic hydroxyl groups is 1. The van der Waals surface area contributed by atoms with Gasteiger partial charge in [0.1, 0.15) is 12.2 Å². The van der Waals surface area contributed by atoms with Gasteiger partial charge in [-0.25, -0.2) is 4.98 Å². The molecule has 0 bridgehead atoms. The third-order valence-electron chi connectivity index (χ3n) is 2.47. The van der Waals surface area contributed by atoms with Gasteiger partial charge in [-0.05, 0) is 26.8 Å². The van der Waals surface area contributed by atoms with Crippen molar-refractivity contribution in [3.63, 3.8) is 0 Å². The van der Waals surface area contributed by atoms with Crippen LogP contribution in [0, 0.1) is 0 Å². The quantitative estimate of drug-likeness (QED) is 0.668. The topological polar surface area (TPSA) is 63.0 Å². The molecule has 1 aromatic rings. The van der Waals surface area contributed by atoms with Crippen molar-refractivity contribution in [3.05, 3.63) is 12.2 Å². The summed E-state index contributed by atoms with van der Waals surface area (Å²) in [5, 5.41) is 17.5. The molecule has 0 aliphatic rings. The van der Waals surface area contributed by atoms with E-state index < -0.39 is 5.60 Å². The summed E-state index contributed by atoms with van der Waals surface area (Å²) in [6.45, 7) is 8.24. The first-order valence-corrected chi connectivity index (χ1v) is 5.89. The van der Waals surface area contributed by atoms with Gasteiger partial charge in [-0.2, -0.15) is 5.10 Å². The van der Waals surface area contributed by atoms with Crippen molar-refractivity contribution in [2.24, 2.45) is 0 Å². The first-order chi connectivity index (χ1) is 7.59. The second-order valence-electron chi connectivity index (χ2n) is 4.34. The number of hydrogen-bond acceptors (Lipinski definition) is 4. The minimum absolute atomic E-state index is 0.525. The maximum Gasteiger partial charge on any atom is 0.138 e. The smallest absolute Gasteiger partial charge is 0.138 e. The van der Waals surface area contributed by atoms with E-state index in [1.807, 2.05) is 18.5 Å². The van der Waals surface area contributed by atoms with E-state index in [0.717, 1.165) is 25.3 Å². The molecule has 5 heteroatoms. The largest absolute Gasteiger partial charge is 0.388 e. The fraction of sp³-hybridized carbons (Fsp3) is 0.818. The lowest BCUT2D eigenvalue weighted by Crippen LogP contribution is -2.40. The van der Waals surface area contributed by atoms with Crippen molar-refractivity contribution in [2.45, 2.75) is 45.8 Å². The number of aryl methyl sites for hydroxylation is 1. The van der Waals surface area contributed by atoms with Crippen molar-refractivity contribution in [2.75, 3.05) is 13.1 Å². The van der Waals surface area contributed by atoms with Gasteiger partial charge < -0.3 is 10.4 Å². The molecule has 0 saturated heterocycles. The zero-order valence-electron chi connectivity index (χ0n) is 10.4. The maximum absolute atomic E-state index is 10.2. The van der Waals surface area contributed by atoms with Gasteiger partial charge in [0.2, 0.25) is 0 Å². The number of hydrogen-bond donors (Lipinski definition) is 2. The van der Waals surface area contributed by atoms with E-state index in [1.54, 1.807) is 0 Å². The Kier molecular flexibility index (Phi) is 4.89. The standard InChI is InChI=1S/C11H22N4O/c1-4-6-12-8-11(3,16)7-10-13-9-14-15(10)5-2/h9,12,16H,4-8H2,1-3H3. The van der Waals surface area contributed by atoms with E-state index >= 15 is 0 Å². The molecular formula is C11H22N4O. The molecular weight excluding hydrogens is 204 g/mol. The third kappa shape index (κ3) is 3.90. The summed E-state index contributed by atoms with van der Waals surface area (Å²) in [6, 6.07) is 0. The number of aromatic nitrogens is 3. The Morgan fingerprint density at radius 3 is 2.88 bits per heavy atom. The van der Waals surface area contributed by atoms with Crippen LogP contribution in [0.4, 0.5) is 0 Å². The summed E-state index contributed by atoms with van der Waals surface area (Å²) >= 11 is 0. The highest BCUT2D eigenvalue weighted by atomic mass is 16.3. The van der Waals surface area contributed by atoms with Crippen molar-refractivity contribution in [1.82, 2.24) is 20.1 Å². The van der Waals surface area contributed by atoms with Crippen molar-refractivity contribution in [3.8, 4) is 0 Å². The Labute approximate surface area is 96.9 Å². The van der Waals surface area contributed by atoms with Crippen molar-refractivity contribution < 1.29 is 5.11 Å². The van der Waals surface area contributed by atoms with Crippen LogP contribution in [-0.2, 0) is 13.0 Å². The second-order valence-corrected chi connectivity index (χ2v) is 4.34. The Morgan fingerprint density at radius 1 is 1.50 bits per heavy atom. The lowest BCUT2D eigenvalue weighted by molar-refractivity contribution is 0.0572. The van der Waals surface area contributed by atoms with Crippen LogP contribution < -0.4 is 5.32 Å². The van der Waals surface area contributed by atoms with Crippen LogP contribution in [0.5, 0.6) is 0 Å². The fourth-order valence-corrected chi connectivity index (χ4v) is 1.63. The van der Waals surface area contributed by atoms with E-state index in [9.17, 15) is 5.11 Å². The normalized spacial score (nSPS) is 15.0. The Bertz CT molecular complexity index is 309. The van der Waals surface area contributed by atoms with Crippen molar-refractivity contribution >= 4 is 0 Å². The van der Waals surface area contributed by atoms with Gasteiger partial charge in [0.05, 0.1) is 5.60 Å². The van der Waals surface area contributed by atoms with Crippen LogP contribution in [0.15, 0.2) is 6.33 Å². The molecule has 0 saturated carbocycles. The highest BCUT2D eigenvalue weighted by Gasteiger charge is 2.23. The fourth-order valence-electron chi connectivity index (χ4n) is 1.63. The van der Waals surface area contributed by atoms with Gasteiger partial charge in [-0.1, -0.05) is 6.92 Å². The van der Waals surface area contributed by atoms with Crippen LogP contribution in [0.2, 0.25) is 0 Å². The molecule has 0 fully saturated rings. The maximum atomic E-state index is 10.2. The first-order valence-electron chi connectivity index (χ1n) is 5.89. The van der Waals surface area contributed by atoms with E-state index in [1.165, 1.54) is 6.33 Å². The molecule has 1 atom stereocenters. The SMILES string of the molecule is CCCNCC(C)(O)Cc1ncnn1CC. The number of nitrogens with one attached hydrogen (secondary N) is 1. The highest BCUT2D eigenvalue weighted by Crippen LogP contribution is 2.10. The molecule has 1 unspecified atom stereocenters. The molecule has 0 spiro atoms. The van der Waals surface area contributed by atoms with E-state index in [2.05, 4.69) is 22.3 Å². The summed E-state index contributed by atoms with van der Waals surface area (Å²) in [5.74, 6) is 0.839. The van der Waals surface area contributed by atoms with Crippen LogP contribution in [-0.4, -0.2) is 38.6 Å². The van der Waals surface area contributed by atoms with Gasteiger partial charge in [0.25, 0.3) is 0 Å². The van der Waals surface area contributed by atoms with E-state index in [-0.39, 0.29) is 0 Å². The molecule has 0 aromatic carbocycles. The molecule has 0 aliphatic carbocycles. The van der Waals surface area contributed by atoms with Crippen LogP contribution in [0.25, 0.3) is 0 Å². The monoisotopic (exact) mass is 226 g/mol. The van der Waals surface area contributed by atoms with E-state index in [4.69, 9.17) is 0 Å². The zero-order chi connectivity index (χ0) is 12.0. The van der Waals surface area contributed by atoms with Gasteiger partial charge in [-0.15, -0.1) is 0 Å². The van der Waals surface area contributed by atoms with Crippen LogP contribution >= 0.6 is 0 Å². The average Bonchev–Trinajstić information content (AvgIpc) is 2.64. The van der Waals surface area contributed by atoms with Crippen LogP contribution in [0.3, 0.4) is 0 Å². The lowest BCUT2D eigenvalue weighted by Gasteiger charge is -2.23. The lowest BCUT2D eigenvalue weighted by atomic mass is 10.0. The molecule has 16 heavy (non-hydrogen) atoms. The van der Waals surface area contributed by atoms with Crippen LogP contribution in [0.1, 0.15) is 33.0 Å². The van der Waals surface area contributed by atoms with Gasteiger partial charge in [0.15, 0.2) is 0 Å². The molecule has 2 N–H and O–H groups in total. The van der Waals surface area contributed by atoms with Gasteiger partial charge in [-0.3, -0.25) is 4.68 Å². The van der Waals surface area contributed by atoms with Crippen molar-refractivity contribution in [1.29, 1.82) is 0 Å². The number of rotatable bonds is 7. The summed E-state index contributed by atoms with van der Waals surface area (Å²) in [5.41, 5.74) is -0.769. The summed E-state index contributed by atoms with van der Waals surface area (Å²) in [7, 11) is 0. The Balaban J connectivity index is 2.51. The molecule has 1 heterocycles. The minimum Gasteiger partial charge on any atom is -0.388 e.